The second kappa shape index (κ2) is 3.59. The first-order chi connectivity index (χ1) is 7.74. The summed E-state index contributed by atoms with van der Waals surface area (Å²) < 4.78 is 1.84. The predicted molar refractivity (Wildman–Crippen MR) is 61.2 cm³/mol. The Bertz CT molecular complexity index is 506. The van der Waals surface area contributed by atoms with Crippen molar-refractivity contribution in [1.29, 1.82) is 0 Å². The van der Waals surface area contributed by atoms with Gasteiger partial charge in [-0.05, 0) is 12.8 Å². The predicted octanol–water partition coefficient (Wildman–Crippen LogP) is 2.75. The van der Waals surface area contributed by atoms with E-state index < -0.39 is 5.97 Å². The molecule has 5 heteroatoms. The van der Waals surface area contributed by atoms with Gasteiger partial charge in [-0.2, -0.15) is 0 Å². The number of aromatic nitrogens is 2. The van der Waals surface area contributed by atoms with Gasteiger partial charge in [0.25, 0.3) is 0 Å². The van der Waals surface area contributed by atoms with Crippen molar-refractivity contribution in [1.82, 2.24) is 9.38 Å². The SMILES string of the molecule is O=C(O)c1cn2cc(C3CCCC3)nc2s1. The van der Waals surface area contributed by atoms with Crippen LogP contribution in [0.4, 0.5) is 0 Å². The molecule has 1 aliphatic carbocycles. The normalized spacial score (nSPS) is 17.2. The van der Waals surface area contributed by atoms with Gasteiger partial charge in [-0.25, -0.2) is 9.78 Å². The summed E-state index contributed by atoms with van der Waals surface area (Å²) in [5.74, 6) is -0.293. The fourth-order valence-corrected chi connectivity index (χ4v) is 3.14. The monoisotopic (exact) mass is 236 g/mol. The van der Waals surface area contributed by atoms with Crippen LogP contribution in [-0.4, -0.2) is 20.5 Å². The number of rotatable bonds is 2. The van der Waals surface area contributed by atoms with E-state index in [0.717, 1.165) is 10.7 Å². The summed E-state index contributed by atoms with van der Waals surface area (Å²) in [6, 6.07) is 0. The number of imidazole rings is 1. The van der Waals surface area contributed by atoms with Gasteiger partial charge in [0.15, 0.2) is 4.96 Å². The molecule has 0 atom stereocenters. The standard InChI is InChI=1S/C11H12N2O2S/c14-10(15)9-6-13-5-8(12-11(13)16-9)7-3-1-2-4-7/h5-7H,1-4H2,(H,14,15). The zero-order valence-corrected chi connectivity index (χ0v) is 9.54. The van der Waals surface area contributed by atoms with E-state index in [0.29, 0.717) is 10.8 Å². The molecule has 3 rings (SSSR count). The summed E-state index contributed by atoms with van der Waals surface area (Å²) in [7, 11) is 0. The number of carboxylic acid groups (broad SMARTS) is 1. The molecule has 0 radical (unpaired) electrons. The highest BCUT2D eigenvalue weighted by Crippen LogP contribution is 2.34. The minimum Gasteiger partial charge on any atom is -0.477 e. The number of aromatic carboxylic acids is 1. The number of nitrogens with zero attached hydrogens (tertiary/aromatic N) is 2. The van der Waals surface area contributed by atoms with Crippen molar-refractivity contribution in [2.24, 2.45) is 0 Å². The third kappa shape index (κ3) is 1.51. The smallest absolute Gasteiger partial charge is 0.347 e. The molecular formula is C11H12N2O2S. The van der Waals surface area contributed by atoms with E-state index in [4.69, 9.17) is 5.11 Å². The Morgan fingerprint density at radius 2 is 2.19 bits per heavy atom. The lowest BCUT2D eigenvalue weighted by Crippen LogP contribution is -1.93. The van der Waals surface area contributed by atoms with Crippen LogP contribution in [0.1, 0.15) is 47.0 Å². The highest BCUT2D eigenvalue weighted by atomic mass is 32.1. The first-order valence-corrected chi connectivity index (χ1v) is 6.27. The summed E-state index contributed by atoms with van der Waals surface area (Å²) in [6.07, 6.45) is 8.64. The van der Waals surface area contributed by atoms with Crippen LogP contribution in [0.25, 0.3) is 4.96 Å². The first-order valence-electron chi connectivity index (χ1n) is 5.46. The zero-order chi connectivity index (χ0) is 11.1. The molecule has 0 unspecified atom stereocenters. The molecule has 2 aromatic rings. The molecule has 1 N–H and O–H groups in total. The van der Waals surface area contributed by atoms with Crippen molar-refractivity contribution in [2.75, 3.05) is 0 Å². The van der Waals surface area contributed by atoms with E-state index >= 15 is 0 Å². The number of fused-ring (bicyclic) bond motifs is 1. The lowest BCUT2D eigenvalue weighted by molar-refractivity contribution is 0.0702. The van der Waals surface area contributed by atoms with Crippen molar-refractivity contribution >= 4 is 22.3 Å². The van der Waals surface area contributed by atoms with Gasteiger partial charge in [0.1, 0.15) is 4.88 Å². The molecule has 0 saturated heterocycles. The van der Waals surface area contributed by atoms with Gasteiger partial charge in [-0.3, -0.25) is 4.40 Å². The average Bonchev–Trinajstić information content (AvgIpc) is 2.91. The van der Waals surface area contributed by atoms with Crippen molar-refractivity contribution in [3.05, 3.63) is 23.0 Å². The molecule has 84 valence electrons. The Balaban J connectivity index is 1.98. The van der Waals surface area contributed by atoms with E-state index in [1.165, 1.54) is 37.0 Å². The Labute approximate surface area is 96.5 Å². The number of thiazole rings is 1. The molecule has 1 fully saturated rings. The molecule has 2 heterocycles. The van der Waals surface area contributed by atoms with E-state index in [2.05, 4.69) is 4.98 Å². The number of hydrogen-bond acceptors (Lipinski definition) is 3. The van der Waals surface area contributed by atoms with Crippen LogP contribution in [0, 0.1) is 0 Å². The summed E-state index contributed by atoms with van der Waals surface area (Å²) >= 11 is 1.24. The highest BCUT2D eigenvalue weighted by Gasteiger charge is 2.21. The minimum absolute atomic E-state index is 0.348. The van der Waals surface area contributed by atoms with Gasteiger partial charge in [0, 0.05) is 18.3 Å². The Hall–Kier alpha value is -1.36. The van der Waals surface area contributed by atoms with E-state index in [9.17, 15) is 4.79 Å². The largest absolute Gasteiger partial charge is 0.477 e. The number of carboxylic acids is 1. The molecule has 0 spiro atoms. The van der Waals surface area contributed by atoms with Gasteiger partial charge < -0.3 is 5.11 Å². The third-order valence-electron chi connectivity index (χ3n) is 3.16. The van der Waals surface area contributed by atoms with Crippen molar-refractivity contribution in [2.45, 2.75) is 31.6 Å². The topological polar surface area (TPSA) is 54.6 Å². The highest BCUT2D eigenvalue weighted by molar-refractivity contribution is 7.18. The Kier molecular flexibility index (Phi) is 2.21. The lowest BCUT2D eigenvalue weighted by Gasteiger charge is -2.02. The maximum absolute atomic E-state index is 10.8. The van der Waals surface area contributed by atoms with Gasteiger partial charge >= 0.3 is 5.97 Å². The molecule has 0 aliphatic heterocycles. The summed E-state index contributed by atoms with van der Waals surface area (Å²) in [5.41, 5.74) is 1.13. The van der Waals surface area contributed by atoms with Gasteiger partial charge in [-0.1, -0.05) is 24.2 Å². The van der Waals surface area contributed by atoms with Crippen LogP contribution in [0.2, 0.25) is 0 Å². The van der Waals surface area contributed by atoms with E-state index in [-0.39, 0.29) is 0 Å². The molecule has 0 bridgehead atoms. The zero-order valence-electron chi connectivity index (χ0n) is 8.72. The maximum atomic E-state index is 10.8. The van der Waals surface area contributed by atoms with Crippen LogP contribution in [0.15, 0.2) is 12.4 Å². The van der Waals surface area contributed by atoms with Gasteiger partial charge in [-0.15, -0.1) is 0 Å². The second-order valence-corrected chi connectivity index (χ2v) is 5.25. The van der Waals surface area contributed by atoms with Crippen LogP contribution in [-0.2, 0) is 0 Å². The average molecular weight is 236 g/mol. The minimum atomic E-state index is -0.877. The van der Waals surface area contributed by atoms with Gasteiger partial charge in [0.2, 0.25) is 0 Å². The summed E-state index contributed by atoms with van der Waals surface area (Å²) in [4.78, 5) is 16.4. The quantitative estimate of drug-likeness (QED) is 0.872. The van der Waals surface area contributed by atoms with Crippen LogP contribution in [0.3, 0.4) is 0 Å². The Morgan fingerprint density at radius 1 is 1.44 bits per heavy atom. The molecule has 0 amide bonds. The fourth-order valence-electron chi connectivity index (χ4n) is 2.33. The molecule has 0 aromatic carbocycles. The van der Waals surface area contributed by atoms with E-state index in [1.54, 1.807) is 6.20 Å². The fraction of sp³-hybridized carbons (Fsp3) is 0.455. The molecular weight excluding hydrogens is 224 g/mol. The van der Waals surface area contributed by atoms with Crippen molar-refractivity contribution in [3.63, 3.8) is 0 Å². The lowest BCUT2D eigenvalue weighted by atomic mass is 10.1. The van der Waals surface area contributed by atoms with Gasteiger partial charge in [0.05, 0.1) is 5.69 Å². The number of hydrogen-bond donors (Lipinski definition) is 1. The number of carbonyl (C=O) groups is 1. The third-order valence-corrected chi connectivity index (χ3v) is 4.14. The van der Waals surface area contributed by atoms with Crippen LogP contribution >= 0.6 is 11.3 Å². The molecule has 1 aliphatic rings. The molecule has 4 nitrogen and oxygen atoms in total. The first kappa shape index (κ1) is 9.84. The summed E-state index contributed by atoms with van der Waals surface area (Å²) in [5, 5.41) is 8.85. The van der Waals surface area contributed by atoms with Crippen molar-refractivity contribution in [3.8, 4) is 0 Å². The molecule has 16 heavy (non-hydrogen) atoms. The van der Waals surface area contributed by atoms with E-state index in [1.807, 2.05) is 10.6 Å². The Morgan fingerprint density at radius 3 is 2.81 bits per heavy atom. The van der Waals surface area contributed by atoms with Crippen molar-refractivity contribution < 1.29 is 9.90 Å². The van der Waals surface area contributed by atoms with Crippen LogP contribution < -0.4 is 0 Å². The van der Waals surface area contributed by atoms with Crippen LogP contribution in [0.5, 0.6) is 0 Å². The molecule has 1 saturated carbocycles. The second-order valence-electron chi connectivity index (χ2n) is 4.24. The summed E-state index contributed by atoms with van der Waals surface area (Å²) in [6.45, 7) is 0. The molecule has 2 aromatic heterocycles. The maximum Gasteiger partial charge on any atom is 0.347 e.